The Hall–Kier alpha value is -4.71. The summed E-state index contributed by atoms with van der Waals surface area (Å²) in [6, 6.07) is 32.5. The highest BCUT2D eigenvalue weighted by molar-refractivity contribution is 6.06. The molecule has 2 N–H and O–H groups in total. The predicted octanol–water partition coefficient (Wildman–Crippen LogP) is 5.93. The molecular formula is C34H32N2O4. The Bertz CT molecular complexity index is 1520. The minimum Gasteiger partial charge on any atom is -0.481 e. The Morgan fingerprint density at radius 2 is 1.38 bits per heavy atom. The second-order valence-electron chi connectivity index (χ2n) is 10.0. The molecule has 1 aliphatic rings. The van der Waals surface area contributed by atoms with Crippen LogP contribution in [0.3, 0.4) is 0 Å². The fraction of sp³-hybridized carbons (Fsp3) is 0.206. The molecule has 0 saturated heterocycles. The van der Waals surface area contributed by atoms with E-state index in [9.17, 15) is 19.5 Å². The summed E-state index contributed by atoms with van der Waals surface area (Å²) in [6.07, 6.45) is 2.23. The first kappa shape index (κ1) is 26.9. The van der Waals surface area contributed by atoms with Crippen molar-refractivity contribution in [3.63, 3.8) is 0 Å². The average molecular weight is 533 g/mol. The van der Waals surface area contributed by atoms with E-state index in [4.69, 9.17) is 0 Å². The van der Waals surface area contributed by atoms with Gasteiger partial charge in [-0.2, -0.15) is 0 Å². The maximum Gasteiger partial charge on any atom is 0.305 e. The van der Waals surface area contributed by atoms with Crippen LogP contribution in [0.1, 0.15) is 56.3 Å². The van der Waals surface area contributed by atoms with Gasteiger partial charge in [0.05, 0.1) is 12.5 Å². The Balaban J connectivity index is 1.42. The zero-order chi connectivity index (χ0) is 27.9. The Morgan fingerprint density at radius 1 is 0.750 bits per heavy atom. The van der Waals surface area contributed by atoms with Crippen LogP contribution >= 0.6 is 0 Å². The van der Waals surface area contributed by atoms with Crippen LogP contribution in [0, 0.1) is 0 Å². The number of nitrogens with zero attached hydrogens (tertiary/aromatic N) is 1. The maximum absolute atomic E-state index is 13.9. The van der Waals surface area contributed by atoms with E-state index in [2.05, 4.69) is 17.4 Å². The zero-order valence-electron chi connectivity index (χ0n) is 22.3. The van der Waals surface area contributed by atoms with Gasteiger partial charge >= 0.3 is 5.97 Å². The van der Waals surface area contributed by atoms with Crippen molar-refractivity contribution >= 4 is 17.8 Å². The molecule has 0 fully saturated rings. The number of aryl methyl sites for hydroxylation is 1. The van der Waals surface area contributed by atoms with Crippen molar-refractivity contribution < 1.29 is 19.5 Å². The fourth-order valence-corrected chi connectivity index (χ4v) is 5.39. The summed E-state index contributed by atoms with van der Waals surface area (Å²) in [4.78, 5) is 40.5. The summed E-state index contributed by atoms with van der Waals surface area (Å²) in [7, 11) is 0. The van der Waals surface area contributed by atoms with Gasteiger partial charge in [-0.15, -0.1) is 0 Å². The van der Waals surface area contributed by atoms with Crippen LogP contribution in [0.2, 0.25) is 0 Å². The molecule has 40 heavy (non-hydrogen) atoms. The average Bonchev–Trinajstić information content (AvgIpc) is 3.40. The van der Waals surface area contributed by atoms with Crippen molar-refractivity contribution in [2.75, 3.05) is 13.1 Å². The number of rotatable bonds is 10. The molecule has 0 heterocycles. The molecule has 0 bridgehead atoms. The van der Waals surface area contributed by atoms with Crippen molar-refractivity contribution in [2.45, 2.75) is 31.7 Å². The molecule has 202 valence electrons. The summed E-state index contributed by atoms with van der Waals surface area (Å²) in [5.41, 5.74) is 5.72. The molecule has 0 saturated carbocycles. The minimum atomic E-state index is -0.957. The van der Waals surface area contributed by atoms with Crippen molar-refractivity contribution in [3.05, 3.63) is 131 Å². The largest absolute Gasteiger partial charge is 0.481 e. The number of carbonyl (C=O) groups is 3. The lowest BCUT2D eigenvalue weighted by molar-refractivity contribution is -0.137. The first-order valence-corrected chi connectivity index (χ1v) is 13.6. The van der Waals surface area contributed by atoms with E-state index in [0.717, 1.165) is 24.0 Å². The third-order valence-corrected chi connectivity index (χ3v) is 7.45. The third kappa shape index (κ3) is 6.12. The highest BCUT2D eigenvalue weighted by atomic mass is 16.4. The number of carbonyl (C=O) groups excluding carboxylic acids is 2. The molecule has 0 aliphatic heterocycles. The molecule has 6 nitrogen and oxygen atoms in total. The van der Waals surface area contributed by atoms with Crippen molar-refractivity contribution in [3.8, 4) is 11.1 Å². The summed E-state index contributed by atoms with van der Waals surface area (Å²) >= 11 is 0. The second kappa shape index (κ2) is 12.4. The molecule has 2 amide bonds. The SMILES string of the molecule is O=C(O)CCN(CCc1ccccc1)C(=O)c1ccccc1-c1ccccc1C(=O)NC1CCc2ccccc21. The van der Waals surface area contributed by atoms with Crippen LogP contribution in [0.15, 0.2) is 103 Å². The van der Waals surface area contributed by atoms with Gasteiger partial charge in [-0.3, -0.25) is 14.4 Å². The first-order chi connectivity index (χ1) is 19.5. The summed E-state index contributed by atoms with van der Waals surface area (Å²) in [6.45, 7) is 0.478. The molecule has 1 aliphatic carbocycles. The van der Waals surface area contributed by atoms with Gasteiger partial charge in [-0.25, -0.2) is 0 Å². The third-order valence-electron chi connectivity index (χ3n) is 7.45. The molecule has 6 heteroatoms. The van der Waals surface area contributed by atoms with Crippen LogP contribution < -0.4 is 5.32 Å². The van der Waals surface area contributed by atoms with Gasteiger partial charge in [-0.05, 0) is 59.2 Å². The van der Waals surface area contributed by atoms with E-state index < -0.39 is 5.97 Å². The van der Waals surface area contributed by atoms with Crippen LogP contribution in [0.4, 0.5) is 0 Å². The summed E-state index contributed by atoms with van der Waals surface area (Å²) < 4.78 is 0. The lowest BCUT2D eigenvalue weighted by Crippen LogP contribution is -2.35. The molecular weight excluding hydrogens is 500 g/mol. The lowest BCUT2D eigenvalue weighted by Gasteiger charge is -2.24. The molecule has 0 radical (unpaired) electrons. The van der Waals surface area contributed by atoms with Gasteiger partial charge in [0, 0.05) is 24.2 Å². The van der Waals surface area contributed by atoms with Crippen LogP contribution in [-0.4, -0.2) is 40.9 Å². The van der Waals surface area contributed by atoms with E-state index in [1.54, 1.807) is 23.1 Å². The number of aliphatic carboxylic acids is 1. The van der Waals surface area contributed by atoms with Crippen LogP contribution in [-0.2, 0) is 17.6 Å². The van der Waals surface area contributed by atoms with E-state index in [-0.39, 0.29) is 30.8 Å². The minimum absolute atomic E-state index is 0.0573. The normalized spacial score (nSPS) is 13.8. The van der Waals surface area contributed by atoms with E-state index >= 15 is 0 Å². The van der Waals surface area contributed by atoms with Crippen molar-refractivity contribution in [1.82, 2.24) is 10.2 Å². The van der Waals surface area contributed by atoms with Gasteiger partial charge < -0.3 is 15.3 Å². The number of nitrogens with one attached hydrogen (secondary N) is 1. The molecule has 4 aromatic carbocycles. The maximum atomic E-state index is 13.9. The van der Waals surface area contributed by atoms with E-state index in [0.29, 0.717) is 35.2 Å². The second-order valence-corrected chi connectivity index (χ2v) is 10.0. The molecule has 1 unspecified atom stereocenters. The highest BCUT2D eigenvalue weighted by Gasteiger charge is 2.26. The van der Waals surface area contributed by atoms with Gasteiger partial charge in [0.1, 0.15) is 0 Å². The number of carboxylic acids is 1. The van der Waals surface area contributed by atoms with Crippen LogP contribution in [0.5, 0.6) is 0 Å². The molecule has 0 aromatic heterocycles. The first-order valence-electron chi connectivity index (χ1n) is 13.6. The van der Waals surface area contributed by atoms with Gasteiger partial charge in [0.25, 0.3) is 11.8 Å². The van der Waals surface area contributed by atoms with Crippen molar-refractivity contribution in [1.29, 1.82) is 0 Å². The molecule has 5 rings (SSSR count). The number of amides is 2. The zero-order valence-corrected chi connectivity index (χ0v) is 22.3. The summed E-state index contributed by atoms with van der Waals surface area (Å²) in [5.74, 6) is -1.40. The summed E-state index contributed by atoms with van der Waals surface area (Å²) in [5, 5.41) is 12.5. The molecule has 4 aromatic rings. The quantitative estimate of drug-likeness (QED) is 0.265. The van der Waals surface area contributed by atoms with E-state index in [1.165, 1.54) is 5.56 Å². The Labute approximate surface area is 234 Å². The fourth-order valence-electron chi connectivity index (χ4n) is 5.39. The van der Waals surface area contributed by atoms with E-state index in [1.807, 2.05) is 72.8 Å². The van der Waals surface area contributed by atoms with Gasteiger partial charge in [-0.1, -0.05) is 91.0 Å². The predicted molar refractivity (Wildman–Crippen MR) is 155 cm³/mol. The lowest BCUT2D eigenvalue weighted by atomic mass is 9.94. The molecule has 0 spiro atoms. The Morgan fingerprint density at radius 3 is 2.12 bits per heavy atom. The molecule has 1 atom stereocenters. The van der Waals surface area contributed by atoms with Crippen molar-refractivity contribution in [2.24, 2.45) is 0 Å². The monoisotopic (exact) mass is 532 g/mol. The highest BCUT2D eigenvalue weighted by Crippen LogP contribution is 2.33. The van der Waals surface area contributed by atoms with Gasteiger partial charge in [0.2, 0.25) is 0 Å². The Kier molecular flexibility index (Phi) is 8.35. The van der Waals surface area contributed by atoms with Gasteiger partial charge in [0.15, 0.2) is 0 Å². The number of fused-ring (bicyclic) bond motifs is 1. The number of carboxylic acid groups (broad SMARTS) is 1. The van der Waals surface area contributed by atoms with Crippen LogP contribution in [0.25, 0.3) is 11.1 Å². The smallest absolute Gasteiger partial charge is 0.305 e. The standard InChI is InChI=1S/C34H32N2O4/c37-32(38)21-23-36(22-20-24-10-2-1-3-11-24)34(40)30-17-9-7-15-28(30)27-14-6-8-16-29(27)33(39)35-31-19-18-25-12-4-5-13-26(25)31/h1-17,31H,18-23H2,(H,35,39)(H,37,38). The topological polar surface area (TPSA) is 86.7 Å². The number of hydrogen-bond donors (Lipinski definition) is 2. The number of hydrogen-bond acceptors (Lipinski definition) is 3. The number of benzene rings is 4.